The Bertz CT molecular complexity index is 1640. The van der Waals surface area contributed by atoms with E-state index in [0.717, 1.165) is 20.6 Å². The summed E-state index contributed by atoms with van der Waals surface area (Å²) in [7, 11) is 1.91. The summed E-state index contributed by atoms with van der Waals surface area (Å²) in [5.41, 5.74) is 1.65. The van der Waals surface area contributed by atoms with E-state index in [-0.39, 0.29) is 29.1 Å². The number of non-ortho nitro benzene ring substituents is 1. The number of amides is 1. The second kappa shape index (κ2) is 8.67. The van der Waals surface area contributed by atoms with Crippen molar-refractivity contribution >= 4 is 62.4 Å². The largest absolute Gasteiger partial charge is 0.337 e. The molecule has 176 valence electrons. The molecule has 35 heavy (non-hydrogen) atoms. The number of carbonyl (C=O) groups is 1. The Morgan fingerprint density at radius 2 is 1.94 bits per heavy atom. The number of anilines is 2. The van der Waals surface area contributed by atoms with Crippen LogP contribution in [0.3, 0.4) is 0 Å². The van der Waals surface area contributed by atoms with Gasteiger partial charge in [-0.2, -0.15) is 10.1 Å². The maximum absolute atomic E-state index is 13.5. The van der Waals surface area contributed by atoms with E-state index in [1.165, 1.54) is 45.9 Å². The summed E-state index contributed by atoms with van der Waals surface area (Å²) >= 11 is 2.75. The van der Waals surface area contributed by atoms with Crippen LogP contribution in [-0.4, -0.2) is 28.2 Å². The quantitative estimate of drug-likeness (QED) is 0.307. The summed E-state index contributed by atoms with van der Waals surface area (Å²) < 4.78 is 2.52. The molecular formula is C24H19N5O4S2. The normalized spacial score (nSPS) is 18.1. The van der Waals surface area contributed by atoms with E-state index in [2.05, 4.69) is 11.7 Å². The first kappa shape index (κ1) is 22.8. The van der Waals surface area contributed by atoms with Crippen LogP contribution in [0.2, 0.25) is 0 Å². The van der Waals surface area contributed by atoms with Crippen molar-refractivity contribution in [2.75, 3.05) is 17.0 Å². The third kappa shape index (κ3) is 3.69. The number of fused-ring (bicyclic) bond motifs is 1. The molecule has 11 heteroatoms. The maximum atomic E-state index is 13.5. The van der Waals surface area contributed by atoms with E-state index < -0.39 is 10.8 Å². The summed E-state index contributed by atoms with van der Waals surface area (Å²) in [4.78, 5) is 40.7. The zero-order chi connectivity index (χ0) is 24.9. The summed E-state index contributed by atoms with van der Waals surface area (Å²) in [5.74, 6) is -0.450. The van der Waals surface area contributed by atoms with Crippen LogP contribution in [0.4, 0.5) is 17.1 Å². The van der Waals surface area contributed by atoms with Gasteiger partial charge in [-0.25, -0.2) is 0 Å². The molecule has 0 saturated heterocycles. The van der Waals surface area contributed by atoms with Crippen LogP contribution in [0.1, 0.15) is 6.92 Å². The monoisotopic (exact) mass is 505 g/mol. The van der Waals surface area contributed by atoms with Crippen molar-refractivity contribution in [2.24, 2.45) is 5.10 Å². The SMILES string of the molecule is C=CCn1c(=C2C(=O)N(c3cccc([N+](=O)[O-])c3)N=C2C)sc(=C2Sc3ccccc3N2C)c1=O. The molecule has 0 spiro atoms. The van der Waals surface area contributed by atoms with Gasteiger partial charge >= 0.3 is 0 Å². The van der Waals surface area contributed by atoms with Gasteiger partial charge in [-0.15, -0.1) is 17.9 Å². The molecular weight excluding hydrogens is 486 g/mol. The molecule has 0 unspecified atom stereocenters. The number of aromatic nitrogens is 1. The Balaban J connectivity index is 1.71. The van der Waals surface area contributed by atoms with Crippen LogP contribution in [0.5, 0.6) is 0 Å². The fourth-order valence-corrected chi connectivity index (χ4v) is 6.54. The number of hydrogen-bond acceptors (Lipinski definition) is 8. The van der Waals surface area contributed by atoms with Crippen molar-refractivity contribution < 1.29 is 9.72 Å². The zero-order valence-corrected chi connectivity index (χ0v) is 20.4. The van der Waals surface area contributed by atoms with E-state index in [1.807, 2.05) is 36.2 Å². The lowest BCUT2D eigenvalue weighted by molar-refractivity contribution is -0.384. The molecule has 3 heterocycles. The van der Waals surface area contributed by atoms with Crippen LogP contribution < -0.4 is 24.7 Å². The van der Waals surface area contributed by atoms with Gasteiger partial charge in [0.25, 0.3) is 17.2 Å². The first-order valence-electron chi connectivity index (χ1n) is 10.6. The number of nitro groups is 1. The summed E-state index contributed by atoms with van der Waals surface area (Å²) in [6.07, 6.45) is 1.61. The molecule has 1 amide bonds. The Morgan fingerprint density at radius 1 is 1.17 bits per heavy atom. The zero-order valence-electron chi connectivity index (χ0n) is 18.8. The highest BCUT2D eigenvalue weighted by molar-refractivity contribution is 8.08. The third-order valence-corrected chi connectivity index (χ3v) is 8.20. The molecule has 2 aliphatic rings. The molecule has 1 aromatic heterocycles. The van der Waals surface area contributed by atoms with E-state index >= 15 is 0 Å². The predicted molar refractivity (Wildman–Crippen MR) is 139 cm³/mol. The molecule has 0 atom stereocenters. The lowest BCUT2D eigenvalue weighted by atomic mass is 10.2. The fraction of sp³-hybridized carbons (Fsp3) is 0.125. The minimum atomic E-state index is -0.524. The van der Waals surface area contributed by atoms with Gasteiger partial charge in [0.1, 0.15) is 14.2 Å². The molecule has 0 radical (unpaired) electrons. The topological polar surface area (TPSA) is 101 Å². The minimum absolute atomic E-state index is 0.143. The van der Waals surface area contributed by atoms with Crippen LogP contribution in [-0.2, 0) is 11.3 Å². The second-order valence-electron chi connectivity index (χ2n) is 7.83. The molecule has 2 aromatic carbocycles. The van der Waals surface area contributed by atoms with Crippen molar-refractivity contribution in [1.82, 2.24) is 4.57 Å². The van der Waals surface area contributed by atoms with E-state index in [0.29, 0.717) is 14.9 Å². The average molecular weight is 506 g/mol. The number of rotatable bonds is 4. The van der Waals surface area contributed by atoms with Gasteiger partial charge in [0.2, 0.25) is 0 Å². The van der Waals surface area contributed by atoms with Gasteiger partial charge < -0.3 is 4.90 Å². The van der Waals surface area contributed by atoms with Crippen LogP contribution >= 0.6 is 23.1 Å². The van der Waals surface area contributed by atoms with Crippen LogP contribution in [0.15, 0.2) is 76.0 Å². The molecule has 9 nitrogen and oxygen atoms in total. The Kier molecular flexibility index (Phi) is 5.65. The Morgan fingerprint density at radius 3 is 2.66 bits per heavy atom. The lowest BCUT2D eigenvalue weighted by Crippen LogP contribution is -2.35. The molecule has 0 N–H and O–H groups in total. The molecule has 0 fully saturated rings. The van der Waals surface area contributed by atoms with Crippen LogP contribution in [0.25, 0.3) is 10.6 Å². The number of nitrogens with zero attached hydrogens (tertiary/aromatic N) is 5. The molecule has 2 aliphatic heterocycles. The summed E-state index contributed by atoms with van der Waals surface area (Å²) in [6, 6.07) is 13.6. The lowest BCUT2D eigenvalue weighted by Gasteiger charge is -2.11. The number of benzene rings is 2. The smallest absolute Gasteiger partial charge is 0.283 e. The molecule has 0 aliphatic carbocycles. The Hall–Kier alpha value is -3.96. The van der Waals surface area contributed by atoms with Gasteiger partial charge in [-0.1, -0.05) is 36.0 Å². The molecule has 0 saturated carbocycles. The third-order valence-electron chi connectivity index (χ3n) is 5.64. The average Bonchev–Trinajstić information content (AvgIpc) is 3.45. The van der Waals surface area contributed by atoms with Gasteiger partial charge in [0.05, 0.1) is 27.6 Å². The number of para-hydroxylation sites is 1. The van der Waals surface area contributed by atoms with Crippen molar-refractivity contribution in [3.63, 3.8) is 0 Å². The van der Waals surface area contributed by atoms with Crippen LogP contribution in [0, 0.1) is 10.1 Å². The van der Waals surface area contributed by atoms with Gasteiger partial charge in [-0.05, 0) is 25.1 Å². The summed E-state index contributed by atoms with van der Waals surface area (Å²) in [6.45, 7) is 5.68. The van der Waals surface area contributed by atoms with Crippen molar-refractivity contribution in [3.8, 4) is 0 Å². The Labute approximate surface area is 207 Å². The number of carbonyl (C=O) groups excluding carboxylic acids is 1. The highest BCUT2D eigenvalue weighted by atomic mass is 32.2. The van der Waals surface area contributed by atoms with Gasteiger partial charge in [0, 0.05) is 30.6 Å². The number of hydrogen-bond donors (Lipinski definition) is 0. The number of thioether (sulfide) groups is 1. The number of thiazole rings is 1. The standard InChI is InChI=1S/C24H19N5O4S2/c1-4-12-27-22(31)20(24-26(3)17-10-5-6-11-18(17)34-24)35-23(27)19-14(2)25-28(21(19)30)15-8-7-9-16(13-15)29(32)33/h4-11,13H,1,12H2,2-3H3. The van der Waals surface area contributed by atoms with Crippen molar-refractivity contribution in [1.29, 1.82) is 0 Å². The second-order valence-corrected chi connectivity index (χ2v) is 9.86. The number of hydrazone groups is 1. The first-order chi connectivity index (χ1) is 16.8. The predicted octanol–water partition coefficient (Wildman–Crippen LogP) is 2.89. The van der Waals surface area contributed by atoms with Gasteiger partial charge in [0.15, 0.2) is 0 Å². The number of allylic oxidation sites excluding steroid dienone is 1. The number of nitro benzene ring substituents is 1. The van der Waals surface area contributed by atoms with E-state index in [4.69, 9.17) is 0 Å². The van der Waals surface area contributed by atoms with E-state index in [1.54, 1.807) is 19.1 Å². The van der Waals surface area contributed by atoms with Gasteiger partial charge in [-0.3, -0.25) is 24.3 Å². The van der Waals surface area contributed by atoms with Crippen molar-refractivity contribution in [2.45, 2.75) is 18.4 Å². The fourth-order valence-electron chi connectivity index (χ4n) is 3.99. The minimum Gasteiger partial charge on any atom is -0.337 e. The first-order valence-corrected chi connectivity index (χ1v) is 12.2. The molecule has 0 bridgehead atoms. The highest BCUT2D eigenvalue weighted by Crippen LogP contribution is 2.44. The summed E-state index contributed by atoms with van der Waals surface area (Å²) in [5, 5.41) is 17.5. The van der Waals surface area contributed by atoms with E-state index in [9.17, 15) is 19.7 Å². The van der Waals surface area contributed by atoms with Crippen molar-refractivity contribution in [3.05, 3.63) is 90.8 Å². The maximum Gasteiger partial charge on any atom is 0.283 e. The molecule has 3 aromatic rings. The molecule has 5 rings (SSSR count). The highest BCUT2D eigenvalue weighted by Gasteiger charge is 2.32.